The third-order valence-electron chi connectivity index (χ3n) is 5.55. The van der Waals surface area contributed by atoms with Crippen molar-refractivity contribution in [2.45, 2.75) is 32.7 Å². The van der Waals surface area contributed by atoms with Crippen LogP contribution >= 0.6 is 0 Å². The first-order valence-electron chi connectivity index (χ1n) is 11.3. The average Bonchev–Trinajstić information content (AvgIpc) is 3.33. The van der Waals surface area contributed by atoms with Crippen LogP contribution in [0.4, 0.5) is 5.69 Å². The Morgan fingerprint density at radius 1 is 0.941 bits per heavy atom. The number of benzene rings is 3. The van der Waals surface area contributed by atoms with Crippen molar-refractivity contribution in [1.29, 1.82) is 0 Å². The summed E-state index contributed by atoms with van der Waals surface area (Å²) in [7, 11) is 0. The number of para-hydroxylation sites is 1. The number of amides is 2. The SMILES string of the molecule is Cc1ccc(-c2cnc(CCC(=O)Nc3ccccc3C(=O)NC(C)c3ccccc3)o2)cc1. The first-order chi connectivity index (χ1) is 16.5. The van der Waals surface area contributed by atoms with Crippen LogP contribution in [0.3, 0.4) is 0 Å². The highest BCUT2D eigenvalue weighted by Crippen LogP contribution is 2.22. The second-order valence-electron chi connectivity index (χ2n) is 8.18. The molecule has 4 aromatic rings. The molecule has 1 atom stereocenters. The Bertz CT molecular complexity index is 1260. The predicted molar refractivity (Wildman–Crippen MR) is 132 cm³/mol. The minimum absolute atomic E-state index is 0.162. The summed E-state index contributed by atoms with van der Waals surface area (Å²) in [6.07, 6.45) is 2.22. The predicted octanol–water partition coefficient (Wildman–Crippen LogP) is 5.71. The molecule has 0 fully saturated rings. The second kappa shape index (κ2) is 10.6. The van der Waals surface area contributed by atoms with Crippen LogP contribution in [0.2, 0.25) is 0 Å². The van der Waals surface area contributed by atoms with Crippen LogP contribution in [0.15, 0.2) is 89.5 Å². The van der Waals surface area contributed by atoms with E-state index in [0.29, 0.717) is 29.3 Å². The van der Waals surface area contributed by atoms with Gasteiger partial charge in [-0.15, -0.1) is 0 Å². The maximum absolute atomic E-state index is 12.9. The Balaban J connectivity index is 1.36. The van der Waals surface area contributed by atoms with Gasteiger partial charge in [-0.05, 0) is 31.5 Å². The van der Waals surface area contributed by atoms with E-state index >= 15 is 0 Å². The Hall–Kier alpha value is -4.19. The highest BCUT2D eigenvalue weighted by Gasteiger charge is 2.16. The van der Waals surface area contributed by atoms with Crippen molar-refractivity contribution in [1.82, 2.24) is 10.3 Å². The van der Waals surface area contributed by atoms with Gasteiger partial charge in [0.1, 0.15) is 0 Å². The summed E-state index contributed by atoms with van der Waals surface area (Å²) in [5.41, 5.74) is 4.00. The molecule has 6 nitrogen and oxygen atoms in total. The third kappa shape index (κ3) is 5.78. The molecule has 6 heteroatoms. The summed E-state index contributed by atoms with van der Waals surface area (Å²) >= 11 is 0. The molecule has 2 N–H and O–H groups in total. The lowest BCUT2D eigenvalue weighted by molar-refractivity contribution is -0.116. The number of aromatic nitrogens is 1. The van der Waals surface area contributed by atoms with Gasteiger partial charge in [-0.3, -0.25) is 9.59 Å². The van der Waals surface area contributed by atoms with Crippen molar-refractivity contribution < 1.29 is 14.0 Å². The topological polar surface area (TPSA) is 84.2 Å². The lowest BCUT2D eigenvalue weighted by Crippen LogP contribution is -2.28. The van der Waals surface area contributed by atoms with E-state index in [-0.39, 0.29) is 24.3 Å². The van der Waals surface area contributed by atoms with Crippen LogP contribution in [0.5, 0.6) is 0 Å². The molecule has 0 bridgehead atoms. The van der Waals surface area contributed by atoms with Gasteiger partial charge in [0.15, 0.2) is 11.7 Å². The number of aryl methyl sites for hydroxylation is 2. The van der Waals surface area contributed by atoms with E-state index in [1.807, 2.05) is 68.4 Å². The van der Waals surface area contributed by atoms with Gasteiger partial charge in [0.05, 0.1) is 23.5 Å². The van der Waals surface area contributed by atoms with E-state index in [1.165, 1.54) is 5.56 Å². The monoisotopic (exact) mass is 453 g/mol. The van der Waals surface area contributed by atoms with Crippen molar-refractivity contribution in [2.75, 3.05) is 5.32 Å². The van der Waals surface area contributed by atoms with Crippen molar-refractivity contribution in [3.05, 3.63) is 108 Å². The summed E-state index contributed by atoms with van der Waals surface area (Å²) in [5, 5.41) is 5.84. The molecule has 172 valence electrons. The Kier molecular flexibility index (Phi) is 7.18. The molecule has 0 spiro atoms. The number of hydrogen-bond donors (Lipinski definition) is 2. The second-order valence-corrected chi connectivity index (χ2v) is 8.18. The van der Waals surface area contributed by atoms with Crippen LogP contribution < -0.4 is 10.6 Å². The average molecular weight is 454 g/mol. The maximum Gasteiger partial charge on any atom is 0.253 e. The third-order valence-corrected chi connectivity index (χ3v) is 5.55. The van der Waals surface area contributed by atoms with Crippen LogP contribution in [0, 0.1) is 6.92 Å². The molecule has 0 radical (unpaired) electrons. The first-order valence-corrected chi connectivity index (χ1v) is 11.3. The van der Waals surface area contributed by atoms with Gasteiger partial charge in [-0.25, -0.2) is 4.98 Å². The maximum atomic E-state index is 12.9. The van der Waals surface area contributed by atoms with Gasteiger partial charge in [0.2, 0.25) is 5.91 Å². The number of nitrogens with zero attached hydrogens (tertiary/aromatic N) is 1. The van der Waals surface area contributed by atoms with Gasteiger partial charge >= 0.3 is 0 Å². The molecule has 0 aliphatic heterocycles. The van der Waals surface area contributed by atoms with Crippen LogP contribution in [0.25, 0.3) is 11.3 Å². The first kappa shape index (κ1) is 23.0. The van der Waals surface area contributed by atoms with E-state index in [2.05, 4.69) is 15.6 Å². The fourth-order valence-corrected chi connectivity index (χ4v) is 3.60. The molecule has 3 aromatic carbocycles. The molecule has 2 amide bonds. The van der Waals surface area contributed by atoms with E-state index in [0.717, 1.165) is 11.1 Å². The van der Waals surface area contributed by atoms with Crippen molar-refractivity contribution >= 4 is 17.5 Å². The van der Waals surface area contributed by atoms with Crippen molar-refractivity contribution in [3.63, 3.8) is 0 Å². The Morgan fingerprint density at radius 2 is 1.65 bits per heavy atom. The lowest BCUT2D eigenvalue weighted by atomic mass is 10.1. The lowest BCUT2D eigenvalue weighted by Gasteiger charge is -2.16. The summed E-state index contributed by atoms with van der Waals surface area (Å²) in [6.45, 7) is 3.95. The molecule has 1 unspecified atom stereocenters. The summed E-state index contributed by atoms with van der Waals surface area (Å²) in [4.78, 5) is 29.8. The summed E-state index contributed by atoms with van der Waals surface area (Å²) in [6, 6.07) is 24.5. The number of carbonyl (C=O) groups is 2. The molecular weight excluding hydrogens is 426 g/mol. The zero-order valence-electron chi connectivity index (χ0n) is 19.2. The molecule has 1 heterocycles. The fourth-order valence-electron chi connectivity index (χ4n) is 3.60. The van der Waals surface area contributed by atoms with Gasteiger partial charge in [-0.1, -0.05) is 72.3 Å². The number of rotatable bonds is 8. The Morgan fingerprint density at radius 3 is 2.41 bits per heavy atom. The molecule has 0 aliphatic rings. The standard InChI is InChI=1S/C28H27N3O3/c1-19-12-14-22(15-13-19)25-18-29-27(34-25)17-16-26(32)31-24-11-7-6-10-23(24)28(33)30-20(2)21-8-4-3-5-9-21/h3-15,18,20H,16-17H2,1-2H3,(H,30,33)(H,31,32). The van der Waals surface area contributed by atoms with Gasteiger partial charge < -0.3 is 15.1 Å². The molecule has 1 aromatic heterocycles. The Labute approximate surface area is 199 Å². The van der Waals surface area contributed by atoms with Crippen molar-refractivity contribution in [3.8, 4) is 11.3 Å². The smallest absolute Gasteiger partial charge is 0.253 e. The van der Waals surface area contributed by atoms with E-state index in [4.69, 9.17) is 4.42 Å². The molecule has 4 rings (SSSR count). The van der Waals surface area contributed by atoms with Gasteiger partial charge in [0.25, 0.3) is 5.91 Å². The fraction of sp³-hybridized carbons (Fsp3) is 0.179. The quantitative estimate of drug-likeness (QED) is 0.358. The van der Waals surface area contributed by atoms with Crippen LogP contribution in [0.1, 0.15) is 46.8 Å². The largest absolute Gasteiger partial charge is 0.441 e. The van der Waals surface area contributed by atoms with E-state index in [1.54, 1.807) is 30.5 Å². The highest BCUT2D eigenvalue weighted by molar-refractivity contribution is 6.03. The number of anilines is 1. The molecule has 0 aliphatic carbocycles. The molecule has 0 saturated heterocycles. The summed E-state index contributed by atoms with van der Waals surface area (Å²) in [5.74, 6) is 0.701. The normalized spacial score (nSPS) is 11.6. The number of nitrogens with one attached hydrogen (secondary N) is 2. The number of oxazole rings is 1. The van der Waals surface area contributed by atoms with Crippen LogP contribution in [-0.4, -0.2) is 16.8 Å². The zero-order valence-corrected chi connectivity index (χ0v) is 19.2. The number of hydrogen-bond acceptors (Lipinski definition) is 4. The molecule has 0 saturated carbocycles. The molecule has 34 heavy (non-hydrogen) atoms. The van der Waals surface area contributed by atoms with Crippen LogP contribution in [-0.2, 0) is 11.2 Å². The minimum atomic E-state index is -0.248. The molecular formula is C28H27N3O3. The van der Waals surface area contributed by atoms with E-state index < -0.39 is 0 Å². The van der Waals surface area contributed by atoms with Gasteiger partial charge in [-0.2, -0.15) is 0 Å². The summed E-state index contributed by atoms with van der Waals surface area (Å²) < 4.78 is 5.80. The minimum Gasteiger partial charge on any atom is -0.441 e. The van der Waals surface area contributed by atoms with Crippen molar-refractivity contribution in [2.24, 2.45) is 0 Å². The van der Waals surface area contributed by atoms with Gasteiger partial charge in [0, 0.05) is 18.4 Å². The zero-order chi connectivity index (χ0) is 23.9. The highest BCUT2D eigenvalue weighted by atomic mass is 16.4. The van der Waals surface area contributed by atoms with E-state index in [9.17, 15) is 9.59 Å². The number of carbonyl (C=O) groups excluding carboxylic acids is 2.